The van der Waals surface area contributed by atoms with Crippen LogP contribution in [0.2, 0.25) is 0 Å². The molecule has 0 spiro atoms. The normalized spacial score (nSPS) is 16.4. The van der Waals surface area contributed by atoms with Crippen LogP contribution >= 0.6 is 11.3 Å². The van der Waals surface area contributed by atoms with Gasteiger partial charge in [-0.05, 0) is 38.4 Å². The smallest absolute Gasteiger partial charge is 0.315 e. The molecule has 1 unspecified atom stereocenters. The van der Waals surface area contributed by atoms with Crippen LogP contribution in [0.5, 0.6) is 0 Å². The predicted octanol–water partition coefficient (Wildman–Crippen LogP) is 2.49. The summed E-state index contributed by atoms with van der Waals surface area (Å²) < 4.78 is 0. The maximum absolute atomic E-state index is 12.0. The van der Waals surface area contributed by atoms with Crippen LogP contribution in [0.25, 0.3) is 0 Å². The lowest BCUT2D eigenvalue weighted by atomic mass is 9.96. The van der Waals surface area contributed by atoms with Crippen LogP contribution in [0.4, 0.5) is 4.79 Å². The van der Waals surface area contributed by atoms with E-state index < -0.39 is 0 Å². The number of nitrogens with zero attached hydrogens (tertiary/aromatic N) is 1. The van der Waals surface area contributed by atoms with Crippen LogP contribution in [0, 0.1) is 0 Å². The van der Waals surface area contributed by atoms with Gasteiger partial charge in [0.15, 0.2) is 0 Å². The Bertz CT molecular complexity index is 527. The van der Waals surface area contributed by atoms with Crippen molar-refractivity contribution in [3.05, 3.63) is 22.4 Å². The minimum Gasteiger partial charge on any atom is -0.354 e. The zero-order valence-electron chi connectivity index (χ0n) is 15.2. The monoisotopic (exact) mass is 366 g/mol. The van der Waals surface area contributed by atoms with Gasteiger partial charge in [0.05, 0.1) is 6.04 Å². The highest BCUT2D eigenvalue weighted by Gasteiger charge is 2.17. The molecule has 1 heterocycles. The lowest BCUT2D eigenvalue weighted by Crippen LogP contribution is -2.44. The Morgan fingerprint density at radius 1 is 1.24 bits per heavy atom. The van der Waals surface area contributed by atoms with Crippen molar-refractivity contribution in [1.82, 2.24) is 20.9 Å². The number of hydrogen-bond acceptors (Lipinski definition) is 4. The van der Waals surface area contributed by atoms with Gasteiger partial charge in [-0.2, -0.15) is 0 Å². The molecule has 2 rings (SSSR count). The number of carbonyl (C=O) groups excluding carboxylic acids is 2. The van der Waals surface area contributed by atoms with E-state index in [1.54, 1.807) is 11.3 Å². The van der Waals surface area contributed by atoms with Crippen molar-refractivity contribution in [2.45, 2.75) is 50.6 Å². The van der Waals surface area contributed by atoms with Gasteiger partial charge in [-0.15, -0.1) is 11.3 Å². The van der Waals surface area contributed by atoms with Crippen molar-refractivity contribution in [3.63, 3.8) is 0 Å². The fourth-order valence-corrected chi connectivity index (χ4v) is 4.01. The van der Waals surface area contributed by atoms with E-state index in [-0.39, 0.29) is 24.0 Å². The van der Waals surface area contributed by atoms with Crippen LogP contribution in [-0.2, 0) is 4.79 Å². The summed E-state index contributed by atoms with van der Waals surface area (Å²) in [6.45, 7) is 0.927. The van der Waals surface area contributed by atoms with Crippen molar-refractivity contribution in [3.8, 4) is 0 Å². The first-order chi connectivity index (χ1) is 12.1. The molecule has 0 aliphatic heterocycles. The molecule has 0 radical (unpaired) electrons. The third kappa shape index (κ3) is 7.04. The van der Waals surface area contributed by atoms with Gasteiger partial charge in [-0.25, -0.2) is 4.79 Å². The second kappa shape index (κ2) is 10.4. The van der Waals surface area contributed by atoms with E-state index in [0.717, 1.165) is 12.8 Å². The molecule has 25 heavy (non-hydrogen) atoms. The van der Waals surface area contributed by atoms with Crippen LogP contribution in [0.15, 0.2) is 17.5 Å². The maximum Gasteiger partial charge on any atom is 0.315 e. The standard InChI is InChI=1S/C18H30N4O2S/c1-22(2)15(16-9-6-12-25-16)13-20-17(23)10-11-19-18(24)21-14-7-4-3-5-8-14/h6,9,12,14-15H,3-5,7-8,10-11,13H2,1-2H3,(H,20,23)(H2,19,21,24). The van der Waals surface area contributed by atoms with Gasteiger partial charge in [0.25, 0.3) is 0 Å². The van der Waals surface area contributed by atoms with Crippen molar-refractivity contribution < 1.29 is 9.59 Å². The highest BCUT2D eigenvalue weighted by molar-refractivity contribution is 7.10. The molecular weight excluding hydrogens is 336 g/mol. The Morgan fingerprint density at radius 2 is 2.00 bits per heavy atom. The van der Waals surface area contributed by atoms with Gasteiger partial charge in [0.1, 0.15) is 0 Å². The first-order valence-corrected chi connectivity index (χ1v) is 9.95. The summed E-state index contributed by atoms with van der Waals surface area (Å²) in [6, 6.07) is 4.40. The summed E-state index contributed by atoms with van der Waals surface area (Å²) in [4.78, 5) is 27.2. The van der Waals surface area contributed by atoms with E-state index in [4.69, 9.17) is 0 Å². The molecule has 1 saturated carbocycles. The Labute approximate surface area is 154 Å². The highest BCUT2D eigenvalue weighted by Crippen LogP contribution is 2.22. The summed E-state index contributed by atoms with van der Waals surface area (Å²) in [5.41, 5.74) is 0. The molecule has 1 atom stereocenters. The molecule has 6 nitrogen and oxygen atoms in total. The van der Waals surface area contributed by atoms with Crippen LogP contribution in [-0.4, -0.2) is 50.1 Å². The third-order valence-corrected chi connectivity index (χ3v) is 5.54. The fraction of sp³-hybridized carbons (Fsp3) is 0.667. The van der Waals surface area contributed by atoms with Crippen molar-refractivity contribution >= 4 is 23.3 Å². The average Bonchev–Trinajstić information content (AvgIpc) is 3.10. The molecule has 3 N–H and O–H groups in total. The number of hydrogen-bond donors (Lipinski definition) is 3. The van der Waals surface area contributed by atoms with E-state index in [0.29, 0.717) is 19.5 Å². The second-order valence-corrected chi connectivity index (χ2v) is 7.76. The molecule has 1 aliphatic rings. The lowest BCUT2D eigenvalue weighted by molar-refractivity contribution is -0.121. The Balaban J connectivity index is 1.62. The number of likely N-dealkylation sites (N-methyl/N-ethyl adjacent to an activating group) is 1. The Kier molecular flexibility index (Phi) is 8.21. The largest absolute Gasteiger partial charge is 0.354 e. The molecule has 1 aromatic heterocycles. The maximum atomic E-state index is 12.0. The van der Waals surface area contributed by atoms with E-state index in [9.17, 15) is 9.59 Å². The molecule has 0 bridgehead atoms. The zero-order valence-corrected chi connectivity index (χ0v) is 16.0. The van der Waals surface area contributed by atoms with Gasteiger partial charge in [-0.1, -0.05) is 25.3 Å². The summed E-state index contributed by atoms with van der Waals surface area (Å²) in [7, 11) is 4.02. The van der Waals surface area contributed by atoms with Gasteiger partial charge in [0.2, 0.25) is 5.91 Å². The number of carbonyl (C=O) groups is 2. The average molecular weight is 367 g/mol. The predicted molar refractivity (Wildman–Crippen MR) is 102 cm³/mol. The number of rotatable bonds is 8. The summed E-state index contributed by atoms with van der Waals surface area (Å²) in [6.07, 6.45) is 6.04. The molecule has 7 heteroatoms. The highest BCUT2D eigenvalue weighted by atomic mass is 32.1. The van der Waals surface area contributed by atoms with E-state index in [1.165, 1.54) is 24.1 Å². The van der Waals surface area contributed by atoms with Crippen molar-refractivity contribution in [2.24, 2.45) is 0 Å². The first kappa shape index (κ1) is 19.7. The van der Waals surface area contributed by atoms with Crippen molar-refractivity contribution in [2.75, 3.05) is 27.2 Å². The van der Waals surface area contributed by atoms with E-state index in [2.05, 4.69) is 26.9 Å². The molecule has 1 aliphatic carbocycles. The fourth-order valence-electron chi connectivity index (χ4n) is 3.09. The van der Waals surface area contributed by atoms with E-state index in [1.807, 2.05) is 25.5 Å². The minimum absolute atomic E-state index is 0.0404. The van der Waals surface area contributed by atoms with E-state index >= 15 is 0 Å². The minimum atomic E-state index is -0.163. The molecule has 1 fully saturated rings. The molecule has 140 valence electrons. The SMILES string of the molecule is CN(C)C(CNC(=O)CCNC(=O)NC1CCCCC1)c1cccs1. The number of thiophene rings is 1. The molecule has 3 amide bonds. The lowest BCUT2D eigenvalue weighted by Gasteiger charge is -2.24. The topological polar surface area (TPSA) is 73.5 Å². The molecular formula is C18H30N4O2S. The zero-order chi connectivity index (χ0) is 18.1. The van der Waals surface area contributed by atoms with Gasteiger partial charge in [0, 0.05) is 30.4 Å². The van der Waals surface area contributed by atoms with Gasteiger partial charge >= 0.3 is 6.03 Å². The van der Waals surface area contributed by atoms with Crippen LogP contribution in [0.3, 0.4) is 0 Å². The Hall–Kier alpha value is -1.60. The molecule has 1 aromatic rings. The molecule has 0 saturated heterocycles. The van der Waals surface area contributed by atoms with Gasteiger partial charge in [-0.3, -0.25) is 4.79 Å². The second-order valence-electron chi connectivity index (χ2n) is 6.78. The molecule has 0 aromatic carbocycles. The van der Waals surface area contributed by atoms with Crippen LogP contribution < -0.4 is 16.0 Å². The number of nitrogens with one attached hydrogen (secondary N) is 3. The summed E-state index contributed by atoms with van der Waals surface area (Å²) >= 11 is 1.69. The van der Waals surface area contributed by atoms with Gasteiger partial charge < -0.3 is 20.9 Å². The third-order valence-electron chi connectivity index (χ3n) is 4.57. The first-order valence-electron chi connectivity index (χ1n) is 9.07. The van der Waals surface area contributed by atoms with Crippen LogP contribution in [0.1, 0.15) is 49.4 Å². The van der Waals surface area contributed by atoms with Crippen molar-refractivity contribution in [1.29, 1.82) is 0 Å². The quantitative estimate of drug-likeness (QED) is 0.662. The Morgan fingerprint density at radius 3 is 2.64 bits per heavy atom. The summed E-state index contributed by atoms with van der Waals surface area (Å²) in [5, 5.41) is 10.8. The summed E-state index contributed by atoms with van der Waals surface area (Å²) in [5.74, 6) is -0.0404. The number of amides is 3. The number of urea groups is 1.